The minimum Gasteiger partial charge on any atom is -0.352 e. The standard InChI is InChI=1S/C18H15N3OS2/c1-12-21-16(11-23-12)17-6-5-15(24-17)7-8-20-18(22)14-4-2-3-13(9-14)10-19/h2-6,9,11H,7-8H2,1H3,(H,20,22). The third-order valence-electron chi connectivity index (χ3n) is 3.44. The Bertz CT molecular complexity index is 905. The molecule has 1 amide bonds. The third kappa shape index (κ3) is 3.88. The van der Waals surface area contributed by atoms with Gasteiger partial charge in [-0.25, -0.2) is 4.98 Å². The maximum absolute atomic E-state index is 12.1. The van der Waals surface area contributed by atoms with E-state index in [1.807, 2.05) is 13.0 Å². The Morgan fingerprint density at radius 3 is 2.96 bits per heavy atom. The van der Waals surface area contributed by atoms with Crippen molar-refractivity contribution in [2.24, 2.45) is 0 Å². The topological polar surface area (TPSA) is 65.8 Å². The molecule has 0 atom stereocenters. The van der Waals surface area contributed by atoms with Crippen LogP contribution in [0.1, 0.15) is 25.8 Å². The first-order valence-corrected chi connectivity index (χ1v) is 9.15. The Balaban J connectivity index is 1.56. The van der Waals surface area contributed by atoms with E-state index in [9.17, 15) is 4.79 Å². The van der Waals surface area contributed by atoms with Gasteiger partial charge < -0.3 is 5.32 Å². The molecule has 1 aromatic carbocycles. The fourth-order valence-corrected chi connectivity index (χ4v) is 3.91. The summed E-state index contributed by atoms with van der Waals surface area (Å²) < 4.78 is 0. The highest BCUT2D eigenvalue weighted by Gasteiger charge is 2.08. The number of hydrogen-bond donors (Lipinski definition) is 1. The number of aryl methyl sites for hydroxylation is 1. The molecule has 120 valence electrons. The Morgan fingerprint density at radius 2 is 2.21 bits per heavy atom. The first-order valence-electron chi connectivity index (χ1n) is 7.45. The maximum atomic E-state index is 12.1. The molecule has 6 heteroatoms. The number of hydrogen-bond acceptors (Lipinski definition) is 5. The van der Waals surface area contributed by atoms with Gasteiger partial charge in [-0.05, 0) is 43.7 Å². The fourth-order valence-electron chi connectivity index (χ4n) is 2.26. The minimum absolute atomic E-state index is 0.154. The molecule has 3 aromatic rings. The van der Waals surface area contributed by atoms with E-state index in [0.29, 0.717) is 17.7 Å². The predicted octanol–water partition coefficient (Wildman–Crippen LogP) is 4.02. The number of benzene rings is 1. The van der Waals surface area contributed by atoms with Gasteiger partial charge in [0.1, 0.15) is 0 Å². The van der Waals surface area contributed by atoms with Crippen LogP contribution in [0.4, 0.5) is 0 Å². The summed E-state index contributed by atoms with van der Waals surface area (Å²) in [5.41, 5.74) is 2.02. The van der Waals surface area contributed by atoms with Crippen LogP contribution < -0.4 is 5.32 Å². The van der Waals surface area contributed by atoms with Crippen molar-refractivity contribution in [3.8, 4) is 16.6 Å². The molecule has 2 heterocycles. The van der Waals surface area contributed by atoms with E-state index in [2.05, 4.69) is 27.8 Å². The van der Waals surface area contributed by atoms with Crippen molar-refractivity contribution in [2.75, 3.05) is 6.54 Å². The molecule has 0 unspecified atom stereocenters. The van der Waals surface area contributed by atoms with Gasteiger partial charge in [-0.2, -0.15) is 5.26 Å². The molecule has 0 radical (unpaired) electrons. The number of nitrogens with zero attached hydrogens (tertiary/aromatic N) is 2. The highest BCUT2D eigenvalue weighted by atomic mass is 32.1. The van der Waals surface area contributed by atoms with Gasteiger partial charge in [0.2, 0.25) is 0 Å². The summed E-state index contributed by atoms with van der Waals surface area (Å²) in [5, 5.41) is 14.9. The van der Waals surface area contributed by atoms with Crippen LogP contribution in [0.3, 0.4) is 0 Å². The molecule has 3 rings (SSSR count). The Kier molecular flexibility index (Phi) is 5.04. The summed E-state index contributed by atoms with van der Waals surface area (Å²) >= 11 is 3.35. The number of carbonyl (C=O) groups is 1. The van der Waals surface area contributed by atoms with Crippen LogP contribution in [0.5, 0.6) is 0 Å². The number of aromatic nitrogens is 1. The molecule has 2 aromatic heterocycles. The lowest BCUT2D eigenvalue weighted by Gasteiger charge is -2.04. The van der Waals surface area contributed by atoms with E-state index in [1.54, 1.807) is 46.9 Å². The summed E-state index contributed by atoms with van der Waals surface area (Å²) in [6.07, 6.45) is 0.775. The number of carbonyl (C=O) groups excluding carboxylic acids is 1. The predicted molar refractivity (Wildman–Crippen MR) is 97.4 cm³/mol. The van der Waals surface area contributed by atoms with E-state index < -0.39 is 0 Å². The lowest BCUT2D eigenvalue weighted by Crippen LogP contribution is -2.25. The van der Waals surface area contributed by atoms with Gasteiger partial charge in [0, 0.05) is 22.4 Å². The second-order valence-electron chi connectivity index (χ2n) is 5.22. The molecular formula is C18H15N3OS2. The van der Waals surface area contributed by atoms with Crippen LogP contribution in [0.25, 0.3) is 10.6 Å². The van der Waals surface area contributed by atoms with Gasteiger partial charge in [0.25, 0.3) is 5.91 Å². The summed E-state index contributed by atoms with van der Waals surface area (Å²) in [6, 6.07) is 12.9. The van der Waals surface area contributed by atoms with Crippen LogP contribution in [0.15, 0.2) is 41.8 Å². The molecule has 0 aliphatic rings. The first-order chi connectivity index (χ1) is 11.7. The molecule has 24 heavy (non-hydrogen) atoms. The van der Waals surface area contributed by atoms with Crippen molar-refractivity contribution in [3.05, 3.63) is 62.8 Å². The Morgan fingerprint density at radius 1 is 1.33 bits per heavy atom. The van der Waals surface area contributed by atoms with Gasteiger partial charge >= 0.3 is 0 Å². The van der Waals surface area contributed by atoms with Crippen LogP contribution >= 0.6 is 22.7 Å². The van der Waals surface area contributed by atoms with E-state index in [0.717, 1.165) is 22.0 Å². The van der Waals surface area contributed by atoms with Crippen molar-refractivity contribution in [1.29, 1.82) is 5.26 Å². The zero-order valence-corrected chi connectivity index (χ0v) is 14.7. The summed E-state index contributed by atoms with van der Waals surface area (Å²) in [5.74, 6) is -0.154. The number of thiophene rings is 1. The quantitative estimate of drug-likeness (QED) is 0.753. The molecule has 1 N–H and O–H groups in total. The zero-order chi connectivity index (χ0) is 16.9. The van der Waals surface area contributed by atoms with Crippen LogP contribution in [-0.4, -0.2) is 17.4 Å². The highest BCUT2D eigenvalue weighted by Crippen LogP contribution is 2.29. The molecule has 0 saturated heterocycles. The summed E-state index contributed by atoms with van der Waals surface area (Å²) in [4.78, 5) is 19.0. The maximum Gasteiger partial charge on any atom is 0.251 e. The minimum atomic E-state index is -0.154. The largest absolute Gasteiger partial charge is 0.352 e. The SMILES string of the molecule is Cc1nc(-c2ccc(CCNC(=O)c3cccc(C#N)c3)s2)cs1. The highest BCUT2D eigenvalue weighted by molar-refractivity contribution is 7.16. The first kappa shape index (κ1) is 16.4. The lowest BCUT2D eigenvalue weighted by molar-refractivity contribution is 0.0954. The van der Waals surface area contributed by atoms with E-state index in [1.165, 1.54) is 4.88 Å². The Hall–Kier alpha value is -2.49. The van der Waals surface area contributed by atoms with Crippen molar-refractivity contribution in [1.82, 2.24) is 10.3 Å². The molecule has 0 fully saturated rings. The number of rotatable bonds is 5. The van der Waals surface area contributed by atoms with Crippen LogP contribution in [0, 0.1) is 18.3 Å². The van der Waals surface area contributed by atoms with Gasteiger partial charge in [0.05, 0.1) is 27.2 Å². The van der Waals surface area contributed by atoms with Gasteiger partial charge in [-0.1, -0.05) is 6.07 Å². The van der Waals surface area contributed by atoms with E-state index in [4.69, 9.17) is 5.26 Å². The number of nitrogens with one attached hydrogen (secondary N) is 1. The number of nitriles is 1. The van der Waals surface area contributed by atoms with E-state index in [-0.39, 0.29) is 5.91 Å². The summed E-state index contributed by atoms with van der Waals surface area (Å²) in [7, 11) is 0. The van der Waals surface area contributed by atoms with Crippen molar-refractivity contribution < 1.29 is 4.79 Å². The fraction of sp³-hybridized carbons (Fsp3) is 0.167. The molecule has 0 saturated carbocycles. The van der Waals surface area contributed by atoms with Crippen molar-refractivity contribution in [2.45, 2.75) is 13.3 Å². The monoisotopic (exact) mass is 353 g/mol. The second kappa shape index (κ2) is 7.39. The zero-order valence-electron chi connectivity index (χ0n) is 13.1. The number of amides is 1. The van der Waals surface area contributed by atoms with Crippen LogP contribution in [-0.2, 0) is 6.42 Å². The van der Waals surface area contributed by atoms with E-state index >= 15 is 0 Å². The molecule has 0 spiro atoms. The average molecular weight is 353 g/mol. The van der Waals surface area contributed by atoms with Crippen LogP contribution in [0.2, 0.25) is 0 Å². The molecule has 0 bridgehead atoms. The molecule has 0 aliphatic carbocycles. The lowest BCUT2D eigenvalue weighted by atomic mass is 10.1. The van der Waals surface area contributed by atoms with Gasteiger partial charge in [-0.3, -0.25) is 4.79 Å². The van der Waals surface area contributed by atoms with Gasteiger partial charge in [0.15, 0.2) is 0 Å². The molecule has 0 aliphatic heterocycles. The number of thiazole rings is 1. The summed E-state index contributed by atoms with van der Waals surface area (Å²) in [6.45, 7) is 2.56. The molecular weight excluding hydrogens is 338 g/mol. The normalized spacial score (nSPS) is 10.3. The molecule has 4 nitrogen and oxygen atoms in total. The third-order valence-corrected chi connectivity index (χ3v) is 5.38. The van der Waals surface area contributed by atoms with Crippen molar-refractivity contribution >= 4 is 28.6 Å². The van der Waals surface area contributed by atoms with Gasteiger partial charge in [-0.15, -0.1) is 22.7 Å². The van der Waals surface area contributed by atoms with Crippen molar-refractivity contribution in [3.63, 3.8) is 0 Å². The Labute approximate surface area is 148 Å². The smallest absolute Gasteiger partial charge is 0.251 e. The average Bonchev–Trinajstić information content (AvgIpc) is 3.23. The second-order valence-corrected chi connectivity index (χ2v) is 7.45.